The molecule has 0 amide bonds. The van der Waals surface area contributed by atoms with Gasteiger partial charge in [-0.2, -0.15) is 0 Å². The number of phenols is 1. The number of para-hydroxylation sites is 1. The van der Waals surface area contributed by atoms with E-state index in [1.807, 2.05) is 0 Å². The average molecular weight is 355 g/mol. The number of esters is 1. The third-order valence-corrected chi connectivity index (χ3v) is 3.47. The first-order valence-electron chi connectivity index (χ1n) is 7.10. The molecule has 130 valence electrons. The summed E-state index contributed by atoms with van der Waals surface area (Å²) in [6.45, 7) is 0. The Kier molecular flexibility index (Phi) is 4.15. The lowest BCUT2D eigenvalue weighted by atomic mass is 10.1. The van der Waals surface area contributed by atoms with Crippen LogP contribution in [0.3, 0.4) is 0 Å². The molecule has 1 aliphatic rings. The molecule has 0 unspecified atom stereocenters. The Labute approximate surface area is 145 Å². The molecule has 0 aliphatic carbocycles. The summed E-state index contributed by atoms with van der Waals surface area (Å²) < 4.78 is 4.96. The number of aliphatic imine (C=N–C) groups is 1. The highest BCUT2D eigenvalue weighted by Gasteiger charge is 2.29. The number of carbonyl (C=O) groups is 1. The minimum atomic E-state index is -0.899. The maximum absolute atomic E-state index is 12.0. The van der Waals surface area contributed by atoms with E-state index in [-0.39, 0.29) is 39.8 Å². The Morgan fingerprint density at radius 2 is 1.81 bits per heavy atom. The molecule has 1 N–H and O–H groups in total. The van der Waals surface area contributed by atoms with E-state index in [9.17, 15) is 30.1 Å². The van der Waals surface area contributed by atoms with E-state index in [4.69, 9.17) is 4.74 Å². The lowest BCUT2D eigenvalue weighted by molar-refractivity contribution is -0.385. The molecule has 26 heavy (non-hydrogen) atoms. The van der Waals surface area contributed by atoms with Crippen LogP contribution in [-0.2, 0) is 9.53 Å². The van der Waals surface area contributed by atoms with Gasteiger partial charge in [-0.1, -0.05) is 12.1 Å². The van der Waals surface area contributed by atoms with Gasteiger partial charge in [0.15, 0.2) is 5.70 Å². The highest BCUT2D eigenvalue weighted by molar-refractivity contribution is 6.14. The molecule has 0 aromatic heterocycles. The zero-order chi connectivity index (χ0) is 18.8. The first kappa shape index (κ1) is 16.8. The zero-order valence-electron chi connectivity index (χ0n) is 12.9. The highest BCUT2D eigenvalue weighted by Crippen LogP contribution is 2.28. The Hall–Kier alpha value is -4.08. The maximum atomic E-state index is 12.0. The largest absolute Gasteiger partial charge is 0.507 e. The summed E-state index contributed by atoms with van der Waals surface area (Å²) >= 11 is 0. The standard InChI is InChI=1S/C16H9N3O7/c20-14-6-5-10(18(22)23)7-9(14)8-12-16(21)26-15(17-12)11-3-1-2-4-13(11)19(24)25/h1-8,20H/b12-8+. The van der Waals surface area contributed by atoms with Gasteiger partial charge in [0.25, 0.3) is 11.4 Å². The smallest absolute Gasteiger partial charge is 0.363 e. The molecule has 0 bridgehead atoms. The Balaban J connectivity index is 2.04. The van der Waals surface area contributed by atoms with Crippen LogP contribution in [0.1, 0.15) is 11.1 Å². The maximum Gasteiger partial charge on any atom is 0.363 e. The van der Waals surface area contributed by atoms with Crippen LogP contribution in [0.4, 0.5) is 11.4 Å². The number of aromatic hydroxyl groups is 1. The molecule has 10 heteroatoms. The topological polar surface area (TPSA) is 145 Å². The van der Waals surface area contributed by atoms with Gasteiger partial charge in [-0.3, -0.25) is 20.2 Å². The van der Waals surface area contributed by atoms with Gasteiger partial charge in [-0.05, 0) is 18.2 Å². The molecule has 2 aromatic carbocycles. The van der Waals surface area contributed by atoms with Gasteiger partial charge in [0.1, 0.15) is 11.3 Å². The molecule has 10 nitrogen and oxygen atoms in total. The summed E-state index contributed by atoms with van der Waals surface area (Å²) in [5.74, 6) is -1.47. The van der Waals surface area contributed by atoms with Crippen LogP contribution in [0.5, 0.6) is 5.75 Å². The number of hydrogen-bond acceptors (Lipinski definition) is 8. The Morgan fingerprint density at radius 1 is 1.08 bits per heavy atom. The third kappa shape index (κ3) is 3.11. The fraction of sp³-hybridized carbons (Fsp3) is 0. The number of rotatable bonds is 4. The summed E-state index contributed by atoms with van der Waals surface area (Å²) in [5.41, 5.74) is -0.840. The summed E-state index contributed by atoms with van der Waals surface area (Å²) in [4.78, 5) is 36.5. The molecule has 0 radical (unpaired) electrons. The zero-order valence-corrected chi connectivity index (χ0v) is 12.9. The summed E-state index contributed by atoms with van der Waals surface area (Å²) in [6.07, 6.45) is 1.10. The van der Waals surface area contributed by atoms with Gasteiger partial charge in [0, 0.05) is 23.8 Å². The number of non-ortho nitro benzene ring substituents is 1. The van der Waals surface area contributed by atoms with Crippen LogP contribution in [0.25, 0.3) is 6.08 Å². The van der Waals surface area contributed by atoms with Crippen molar-refractivity contribution in [3.63, 3.8) is 0 Å². The van der Waals surface area contributed by atoms with Crippen LogP contribution in [-0.4, -0.2) is 26.8 Å². The number of phenolic OH excluding ortho intramolecular Hbond substituents is 1. The number of nitrogens with zero attached hydrogens (tertiary/aromatic N) is 3. The number of benzene rings is 2. The molecular weight excluding hydrogens is 346 g/mol. The lowest BCUT2D eigenvalue weighted by Gasteiger charge is -2.00. The van der Waals surface area contributed by atoms with Crippen molar-refractivity contribution in [1.29, 1.82) is 0 Å². The van der Waals surface area contributed by atoms with Crippen LogP contribution < -0.4 is 0 Å². The molecule has 0 atom stereocenters. The quantitative estimate of drug-likeness (QED) is 0.384. The lowest BCUT2D eigenvalue weighted by Crippen LogP contribution is -2.07. The second kappa shape index (κ2) is 6.43. The highest BCUT2D eigenvalue weighted by atomic mass is 16.6. The molecule has 3 rings (SSSR count). The van der Waals surface area contributed by atoms with E-state index >= 15 is 0 Å². The summed E-state index contributed by atoms with van der Waals surface area (Å²) in [5, 5.41) is 31.7. The van der Waals surface area contributed by atoms with E-state index in [0.717, 1.165) is 24.3 Å². The van der Waals surface area contributed by atoms with Crippen molar-refractivity contribution in [3.05, 3.63) is 79.5 Å². The SMILES string of the molecule is O=C1OC(c2ccccc2[N+](=O)[O-])=N/C1=C/c1cc([N+](=O)[O-])ccc1O. The van der Waals surface area contributed by atoms with Crippen LogP contribution >= 0.6 is 0 Å². The van der Waals surface area contributed by atoms with Crippen molar-refractivity contribution in [2.75, 3.05) is 0 Å². The van der Waals surface area contributed by atoms with E-state index < -0.39 is 15.8 Å². The van der Waals surface area contributed by atoms with Gasteiger partial charge in [0.05, 0.1) is 9.85 Å². The van der Waals surface area contributed by atoms with E-state index in [2.05, 4.69) is 4.99 Å². The van der Waals surface area contributed by atoms with Gasteiger partial charge in [-0.25, -0.2) is 9.79 Å². The predicted molar refractivity (Wildman–Crippen MR) is 88.5 cm³/mol. The molecule has 0 spiro atoms. The first-order valence-corrected chi connectivity index (χ1v) is 7.10. The van der Waals surface area contributed by atoms with Crippen molar-refractivity contribution in [2.24, 2.45) is 4.99 Å². The number of ether oxygens (including phenoxy) is 1. The number of carbonyl (C=O) groups excluding carboxylic acids is 1. The molecule has 0 saturated heterocycles. The van der Waals surface area contributed by atoms with E-state index in [0.29, 0.717) is 0 Å². The Bertz CT molecular complexity index is 1010. The van der Waals surface area contributed by atoms with Crippen LogP contribution in [0.15, 0.2) is 53.2 Å². The second-order valence-corrected chi connectivity index (χ2v) is 5.11. The minimum Gasteiger partial charge on any atom is -0.507 e. The average Bonchev–Trinajstić information content (AvgIpc) is 2.97. The van der Waals surface area contributed by atoms with Crippen LogP contribution in [0.2, 0.25) is 0 Å². The van der Waals surface area contributed by atoms with Gasteiger partial charge in [0.2, 0.25) is 5.90 Å². The predicted octanol–water partition coefficient (Wildman–Crippen LogP) is 2.55. The molecule has 0 saturated carbocycles. The Morgan fingerprint density at radius 3 is 2.50 bits per heavy atom. The van der Waals surface area contributed by atoms with Gasteiger partial charge >= 0.3 is 5.97 Å². The monoisotopic (exact) mass is 355 g/mol. The van der Waals surface area contributed by atoms with Crippen molar-refractivity contribution >= 4 is 29.3 Å². The number of hydrogen-bond donors (Lipinski definition) is 1. The normalized spacial score (nSPS) is 14.8. The van der Waals surface area contributed by atoms with Gasteiger partial charge < -0.3 is 9.84 Å². The fourth-order valence-electron chi connectivity index (χ4n) is 2.26. The first-order chi connectivity index (χ1) is 12.4. The molecule has 2 aromatic rings. The molecule has 1 heterocycles. The summed E-state index contributed by atoms with van der Waals surface area (Å²) in [7, 11) is 0. The van der Waals surface area contributed by atoms with E-state index in [1.54, 1.807) is 0 Å². The second-order valence-electron chi connectivity index (χ2n) is 5.11. The summed E-state index contributed by atoms with van der Waals surface area (Å²) in [6, 6.07) is 8.86. The minimum absolute atomic E-state index is 0.0116. The molecule has 0 fully saturated rings. The number of nitro groups is 2. The van der Waals surface area contributed by atoms with Crippen molar-refractivity contribution in [1.82, 2.24) is 0 Å². The molecular formula is C16H9N3O7. The molecule has 1 aliphatic heterocycles. The third-order valence-electron chi connectivity index (χ3n) is 3.47. The van der Waals surface area contributed by atoms with Crippen molar-refractivity contribution < 1.29 is 24.5 Å². The van der Waals surface area contributed by atoms with Crippen LogP contribution in [0, 0.1) is 20.2 Å². The number of cyclic esters (lactones) is 1. The number of nitro benzene ring substituents is 2. The van der Waals surface area contributed by atoms with Gasteiger partial charge in [-0.15, -0.1) is 0 Å². The van der Waals surface area contributed by atoms with Crippen molar-refractivity contribution in [2.45, 2.75) is 0 Å². The van der Waals surface area contributed by atoms with E-state index in [1.165, 1.54) is 24.3 Å². The van der Waals surface area contributed by atoms with Crippen molar-refractivity contribution in [3.8, 4) is 5.75 Å². The fourth-order valence-corrected chi connectivity index (χ4v) is 2.26.